The summed E-state index contributed by atoms with van der Waals surface area (Å²) in [7, 11) is 0. The van der Waals surface area contributed by atoms with Crippen LogP contribution in [0.25, 0.3) is 0 Å². The number of rotatable bonds is 3. The molecule has 2 aliphatic carbocycles. The first kappa shape index (κ1) is 15.8. The van der Waals surface area contributed by atoms with Gasteiger partial charge in [0.25, 0.3) is 0 Å². The summed E-state index contributed by atoms with van der Waals surface area (Å²) in [6.45, 7) is 7.22. The summed E-state index contributed by atoms with van der Waals surface area (Å²) in [4.78, 5) is 12.2. The Kier molecular flexibility index (Phi) is 4.78. The molecule has 2 fully saturated rings. The van der Waals surface area contributed by atoms with Gasteiger partial charge in [-0.05, 0) is 62.7 Å². The molecule has 0 aromatic heterocycles. The Morgan fingerprint density at radius 1 is 1.10 bits per heavy atom. The Bertz CT molecular complexity index is 333. The van der Waals surface area contributed by atoms with Crippen LogP contribution in [0.2, 0.25) is 0 Å². The van der Waals surface area contributed by atoms with Crippen molar-refractivity contribution in [1.82, 2.24) is 5.32 Å². The summed E-state index contributed by atoms with van der Waals surface area (Å²) in [5.74, 6) is 1.11. The Morgan fingerprint density at radius 2 is 1.65 bits per heavy atom. The Balaban J connectivity index is 1.76. The van der Waals surface area contributed by atoms with Gasteiger partial charge in [-0.1, -0.05) is 20.8 Å². The molecule has 2 N–H and O–H groups in total. The van der Waals surface area contributed by atoms with Crippen molar-refractivity contribution >= 4 is 5.91 Å². The largest absolute Gasteiger partial charge is 0.388 e. The maximum Gasteiger partial charge on any atom is 0.223 e. The van der Waals surface area contributed by atoms with Gasteiger partial charge in [0.15, 0.2) is 0 Å². The summed E-state index contributed by atoms with van der Waals surface area (Å²) in [5.41, 5.74) is -0.330. The number of hydrogen-bond donors (Lipinski definition) is 2. The van der Waals surface area contributed by atoms with Crippen molar-refractivity contribution in [1.29, 1.82) is 0 Å². The molecule has 20 heavy (non-hydrogen) atoms. The molecule has 0 bridgehead atoms. The molecule has 0 aromatic carbocycles. The molecule has 0 aliphatic heterocycles. The second-order valence-electron chi connectivity index (χ2n) is 8.06. The zero-order chi connectivity index (χ0) is 14.8. The molecule has 116 valence electrons. The molecule has 0 radical (unpaired) electrons. The van der Waals surface area contributed by atoms with E-state index in [2.05, 4.69) is 26.1 Å². The highest BCUT2D eigenvalue weighted by Gasteiger charge is 2.37. The number of amides is 1. The van der Waals surface area contributed by atoms with Gasteiger partial charge in [-0.25, -0.2) is 0 Å². The lowest BCUT2D eigenvalue weighted by Gasteiger charge is -2.40. The summed E-state index contributed by atoms with van der Waals surface area (Å²) >= 11 is 0. The van der Waals surface area contributed by atoms with Crippen LogP contribution in [-0.2, 0) is 4.79 Å². The highest BCUT2D eigenvalue weighted by molar-refractivity contribution is 5.78. The van der Waals surface area contributed by atoms with Crippen molar-refractivity contribution in [2.75, 3.05) is 6.54 Å². The maximum atomic E-state index is 12.2. The molecule has 2 aliphatic rings. The summed E-state index contributed by atoms with van der Waals surface area (Å²) < 4.78 is 0. The third kappa shape index (κ3) is 4.21. The number of carbonyl (C=O) groups is 1. The third-order valence-electron chi connectivity index (χ3n) is 5.51. The van der Waals surface area contributed by atoms with E-state index in [1.807, 2.05) is 0 Å². The van der Waals surface area contributed by atoms with Crippen LogP contribution in [0.3, 0.4) is 0 Å². The Labute approximate surface area is 123 Å². The molecular formula is C17H31NO2. The fraction of sp³-hybridized carbons (Fsp3) is 0.941. The van der Waals surface area contributed by atoms with Crippen molar-refractivity contribution < 1.29 is 9.90 Å². The number of carbonyl (C=O) groups excluding carboxylic acids is 1. The maximum absolute atomic E-state index is 12.2. The highest BCUT2D eigenvalue weighted by Crippen LogP contribution is 2.40. The third-order valence-corrected chi connectivity index (χ3v) is 5.51. The topological polar surface area (TPSA) is 49.3 Å². The molecule has 0 saturated heterocycles. The van der Waals surface area contributed by atoms with Crippen molar-refractivity contribution in [2.45, 2.75) is 77.7 Å². The lowest BCUT2D eigenvalue weighted by Crippen LogP contribution is -2.48. The van der Waals surface area contributed by atoms with E-state index in [1.54, 1.807) is 0 Å². The smallest absolute Gasteiger partial charge is 0.223 e. The average Bonchev–Trinajstić information content (AvgIpc) is 2.41. The summed E-state index contributed by atoms with van der Waals surface area (Å²) in [6.07, 6.45) is 8.05. The molecule has 0 spiro atoms. The Hall–Kier alpha value is -0.570. The van der Waals surface area contributed by atoms with E-state index < -0.39 is 5.60 Å². The molecule has 0 unspecified atom stereocenters. The van der Waals surface area contributed by atoms with E-state index >= 15 is 0 Å². The van der Waals surface area contributed by atoms with Gasteiger partial charge in [-0.15, -0.1) is 0 Å². The number of aliphatic hydroxyl groups is 1. The van der Waals surface area contributed by atoms with Gasteiger partial charge < -0.3 is 10.4 Å². The monoisotopic (exact) mass is 281 g/mol. The zero-order valence-corrected chi connectivity index (χ0v) is 13.4. The van der Waals surface area contributed by atoms with Crippen molar-refractivity contribution in [2.24, 2.45) is 17.3 Å². The zero-order valence-electron chi connectivity index (χ0n) is 13.4. The van der Waals surface area contributed by atoms with Crippen LogP contribution in [0, 0.1) is 17.3 Å². The quantitative estimate of drug-likeness (QED) is 0.834. The minimum absolute atomic E-state index is 0.162. The molecular weight excluding hydrogens is 250 g/mol. The minimum Gasteiger partial charge on any atom is -0.388 e. The standard InChI is InChI=1S/C17H31NO2/c1-13-4-6-14(7-5-13)15(19)18-12-17(20)10-8-16(2,3)9-11-17/h13-14,20H,4-12H2,1-3H3,(H,18,19). The van der Waals surface area contributed by atoms with Crippen LogP contribution in [0.1, 0.15) is 72.1 Å². The van der Waals surface area contributed by atoms with Crippen LogP contribution < -0.4 is 5.32 Å². The average molecular weight is 281 g/mol. The van der Waals surface area contributed by atoms with Gasteiger partial charge in [0.05, 0.1) is 5.60 Å². The normalized spacial score (nSPS) is 32.6. The molecule has 0 heterocycles. The molecule has 1 amide bonds. The lowest BCUT2D eigenvalue weighted by molar-refractivity contribution is -0.128. The van der Waals surface area contributed by atoms with Crippen LogP contribution in [0.5, 0.6) is 0 Å². The van der Waals surface area contributed by atoms with Gasteiger partial charge >= 0.3 is 0 Å². The molecule has 3 heteroatoms. The number of hydrogen-bond acceptors (Lipinski definition) is 2. The van der Waals surface area contributed by atoms with E-state index in [0.717, 1.165) is 57.3 Å². The number of nitrogens with one attached hydrogen (secondary N) is 1. The second-order valence-corrected chi connectivity index (χ2v) is 8.06. The van der Waals surface area contributed by atoms with Gasteiger partial charge in [-0.3, -0.25) is 4.79 Å². The van der Waals surface area contributed by atoms with E-state index in [1.165, 1.54) is 0 Å². The van der Waals surface area contributed by atoms with Crippen LogP contribution in [-0.4, -0.2) is 23.2 Å². The first-order chi connectivity index (χ1) is 9.30. The predicted molar refractivity (Wildman–Crippen MR) is 81.3 cm³/mol. The van der Waals surface area contributed by atoms with Gasteiger partial charge in [0.2, 0.25) is 5.91 Å². The molecule has 3 nitrogen and oxygen atoms in total. The highest BCUT2D eigenvalue weighted by atomic mass is 16.3. The minimum atomic E-state index is -0.673. The SMILES string of the molecule is CC1CCC(C(=O)NCC2(O)CCC(C)(C)CC2)CC1. The lowest BCUT2D eigenvalue weighted by atomic mass is 9.71. The summed E-state index contributed by atoms with van der Waals surface area (Å²) in [5, 5.41) is 13.6. The predicted octanol–water partition coefficient (Wildman–Crippen LogP) is 3.26. The van der Waals surface area contributed by atoms with Gasteiger partial charge in [-0.2, -0.15) is 0 Å². The molecule has 0 atom stereocenters. The first-order valence-electron chi connectivity index (χ1n) is 8.30. The first-order valence-corrected chi connectivity index (χ1v) is 8.30. The molecule has 2 saturated carbocycles. The molecule has 2 rings (SSSR count). The van der Waals surface area contributed by atoms with E-state index in [-0.39, 0.29) is 11.8 Å². The molecule has 0 aromatic rings. The van der Waals surface area contributed by atoms with Crippen LogP contribution in [0.4, 0.5) is 0 Å². The van der Waals surface area contributed by atoms with Crippen molar-refractivity contribution in [3.63, 3.8) is 0 Å². The fourth-order valence-electron chi connectivity index (χ4n) is 3.49. The van der Waals surface area contributed by atoms with Crippen molar-refractivity contribution in [3.05, 3.63) is 0 Å². The van der Waals surface area contributed by atoms with Gasteiger partial charge in [0, 0.05) is 12.5 Å². The Morgan fingerprint density at radius 3 is 2.20 bits per heavy atom. The van der Waals surface area contributed by atoms with Gasteiger partial charge in [0.1, 0.15) is 0 Å². The summed E-state index contributed by atoms with van der Waals surface area (Å²) in [6, 6.07) is 0. The van der Waals surface area contributed by atoms with Crippen molar-refractivity contribution in [3.8, 4) is 0 Å². The van der Waals surface area contributed by atoms with E-state index in [0.29, 0.717) is 12.0 Å². The fourth-order valence-corrected chi connectivity index (χ4v) is 3.49. The van der Waals surface area contributed by atoms with Crippen LogP contribution in [0.15, 0.2) is 0 Å². The van der Waals surface area contributed by atoms with E-state index in [9.17, 15) is 9.90 Å². The second kappa shape index (κ2) is 6.05. The van der Waals surface area contributed by atoms with Crippen LogP contribution >= 0.6 is 0 Å². The van der Waals surface area contributed by atoms with E-state index in [4.69, 9.17) is 0 Å².